The Kier molecular flexibility index (Phi) is 5.19. The molecule has 0 atom stereocenters. The van der Waals surface area contributed by atoms with Gasteiger partial charge in [-0.15, -0.1) is 22.7 Å². The summed E-state index contributed by atoms with van der Waals surface area (Å²) in [5.41, 5.74) is 2.72. The zero-order valence-corrected chi connectivity index (χ0v) is 22.0. The van der Waals surface area contributed by atoms with Crippen LogP contribution in [0, 0.1) is 0 Å². The number of rotatable bonds is 3. The molecular weight excluding hydrogens is 490 g/mol. The van der Waals surface area contributed by atoms with Crippen LogP contribution < -0.4 is 16.1 Å². The maximum absolute atomic E-state index is 13.4. The summed E-state index contributed by atoms with van der Waals surface area (Å²) >= 11 is 3.16. The van der Waals surface area contributed by atoms with Crippen molar-refractivity contribution in [3.05, 3.63) is 81.0 Å². The van der Waals surface area contributed by atoms with Crippen molar-refractivity contribution in [1.82, 2.24) is 10.3 Å². The minimum absolute atomic E-state index is 0.0203. The lowest BCUT2D eigenvalue weighted by molar-refractivity contribution is 0.102. The zero-order valence-electron chi connectivity index (χ0n) is 20.4. The molecule has 2 aromatic carbocycles. The van der Waals surface area contributed by atoms with E-state index in [1.54, 1.807) is 46.9 Å². The molecule has 3 aromatic heterocycles. The van der Waals surface area contributed by atoms with E-state index >= 15 is 0 Å². The van der Waals surface area contributed by atoms with Crippen LogP contribution in [-0.2, 0) is 12.0 Å². The Labute approximate surface area is 216 Å². The summed E-state index contributed by atoms with van der Waals surface area (Å²) in [6.07, 6.45) is 2.04. The van der Waals surface area contributed by atoms with Gasteiger partial charge in [0.05, 0.1) is 15.6 Å². The fourth-order valence-corrected chi connectivity index (χ4v) is 7.61. The van der Waals surface area contributed by atoms with Crippen molar-refractivity contribution in [2.75, 3.05) is 5.32 Å². The quantitative estimate of drug-likeness (QED) is 0.285. The molecule has 182 valence electrons. The monoisotopic (exact) mass is 515 g/mol. The minimum Gasteiger partial charge on any atom is -0.463 e. The van der Waals surface area contributed by atoms with Crippen LogP contribution in [0.5, 0.6) is 0 Å². The highest BCUT2D eigenvalue weighted by Gasteiger charge is 2.41. The van der Waals surface area contributed by atoms with Crippen molar-refractivity contribution in [1.29, 1.82) is 0 Å². The Balaban J connectivity index is 1.51. The first-order chi connectivity index (χ1) is 17.1. The highest BCUT2D eigenvalue weighted by molar-refractivity contribution is 7.23. The second kappa shape index (κ2) is 8.09. The fourth-order valence-electron chi connectivity index (χ4n) is 5.23. The number of aromatic nitrogens is 1. The number of thiazole rings is 1. The molecule has 5 aromatic rings. The molecule has 0 radical (unpaired) electrons. The Bertz CT molecular complexity index is 1690. The largest absolute Gasteiger partial charge is 0.463 e. The Hall–Kier alpha value is -3.33. The van der Waals surface area contributed by atoms with E-state index < -0.39 is 5.91 Å². The van der Waals surface area contributed by atoms with Crippen LogP contribution in [0.4, 0.5) is 5.00 Å². The maximum atomic E-state index is 13.4. The van der Waals surface area contributed by atoms with Crippen LogP contribution in [0.1, 0.15) is 48.5 Å². The first-order valence-electron chi connectivity index (χ1n) is 11.8. The second-order valence-electron chi connectivity index (χ2n) is 10.3. The molecular formula is C28H25N3O3S2. The van der Waals surface area contributed by atoms with Crippen LogP contribution in [0.3, 0.4) is 0 Å². The number of fused-ring (bicyclic) bond motifs is 3. The van der Waals surface area contributed by atoms with Crippen molar-refractivity contribution in [2.45, 2.75) is 45.2 Å². The van der Waals surface area contributed by atoms with Gasteiger partial charge in [-0.1, -0.05) is 24.3 Å². The lowest BCUT2D eigenvalue weighted by Crippen LogP contribution is -2.54. The van der Waals surface area contributed by atoms with Crippen LogP contribution in [0.2, 0.25) is 0 Å². The third-order valence-electron chi connectivity index (χ3n) is 6.50. The number of anilines is 1. The van der Waals surface area contributed by atoms with E-state index in [4.69, 9.17) is 9.40 Å². The Morgan fingerprint density at radius 1 is 1.06 bits per heavy atom. The van der Waals surface area contributed by atoms with E-state index in [2.05, 4.69) is 44.4 Å². The normalized spacial score (nSPS) is 16.2. The van der Waals surface area contributed by atoms with Crippen molar-refractivity contribution in [2.24, 2.45) is 0 Å². The lowest BCUT2D eigenvalue weighted by atomic mass is 9.81. The first kappa shape index (κ1) is 23.1. The first-order valence-corrected chi connectivity index (χ1v) is 13.4. The number of carbonyl (C=O) groups is 1. The molecule has 4 heterocycles. The molecule has 0 spiro atoms. The van der Waals surface area contributed by atoms with Gasteiger partial charge in [-0.2, -0.15) is 0 Å². The molecule has 0 bridgehead atoms. The van der Waals surface area contributed by atoms with Gasteiger partial charge in [0, 0.05) is 21.5 Å². The summed E-state index contributed by atoms with van der Waals surface area (Å²) in [5.74, 6) is -0.486. The predicted molar refractivity (Wildman–Crippen MR) is 147 cm³/mol. The standard InChI is InChI=1S/C28H25N3O3S2/c1-27(2)13-16-21(25-29-18-10-6-8-12-20(18)35-25)26(36-23(16)28(3,4)31-27)30-24(33)17-14-34-19-11-7-5-9-15(19)22(17)32/h5-12,14,31H,13H2,1-4H3,(H,30,33). The summed E-state index contributed by atoms with van der Waals surface area (Å²) in [4.78, 5) is 32.6. The van der Waals surface area contributed by atoms with Crippen LogP contribution in [0.25, 0.3) is 31.8 Å². The molecule has 36 heavy (non-hydrogen) atoms. The van der Waals surface area contributed by atoms with E-state index in [0.29, 0.717) is 16.0 Å². The second-order valence-corrected chi connectivity index (χ2v) is 12.4. The molecule has 0 unspecified atom stereocenters. The summed E-state index contributed by atoms with van der Waals surface area (Å²) in [5, 5.41) is 8.74. The van der Waals surface area contributed by atoms with Gasteiger partial charge in [0.25, 0.3) is 5.91 Å². The van der Waals surface area contributed by atoms with Gasteiger partial charge in [0.1, 0.15) is 27.4 Å². The molecule has 8 heteroatoms. The van der Waals surface area contributed by atoms with Gasteiger partial charge in [-0.05, 0) is 63.9 Å². The van der Waals surface area contributed by atoms with Crippen molar-refractivity contribution in [3.8, 4) is 10.6 Å². The number of carbonyl (C=O) groups excluding carboxylic acids is 1. The number of amides is 1. The van der Waals surface area contributed by atoms with Crippen molar-refractivity contribution >= 4 is 54.8 Å². The molecule has 0 aliphatic carbocycles. The van der Waals surface area contributed by atoms with Crippen LogP contribution >= 0.6 is 22.7 Å². The van der Waals surface area contributed by atoms with Gasteiger partial charge in [-0.3, -0.25) is 9.59 Å². The average Bonchev–Trinajstić information content (AvgIpc) is 3.39. The molecule has 6 nitrogen and oxygen atoms in total. The number of thiophene rings is 1. The topological polar surface area (TPSA) is 84.2 Å². The van der Waals surface area contributed by atoms with Gasteiger partial charge < -0.3 is 15.1 Å². The van der Waals surface area contributed by atoms with E-state index in [1.165, 1.54) is 11.8 Å². The third-order valence-corrected chi connectivity index (χ3v) is 9.03. The molecule has 0 saturated carbocycles. The van der Waals surface area contributed by atoms with E-state index in [1.807, 2.05) is 18.2 Å². The number of para-hydroxylation sites is 2. The molecule has 1 amide bonds. The number of hydrogen-bond donors (Lipinski definition) is 2. The van der Waals surface area contributed by atoms with Gasteiger partial charge in [0.15, 0.2) is 0 Å². The van der Waals surface area contributed by atoms with E-state index in [-0.39, 0.29) is 22.1 Å². The SMILES string of the molecule is CC1(C)Cc2c(sc(NC(=O)c3coc4ccccc4c3=O)c2-c2nc3ccccc3s2)C(C)(C)N1. The van der Waals surface area contributed by atoms with E-state index in [9.17, 15) is 9.59 Å². The average molecular weight is 516 g/mol. The number of nitrogens with one attached hydrogen (secondary N) is 2. The Morgan fingerprint density at radius 2 is 1.81 bits per heavy atom. The number of benzene rings is 2. The highest BCUT2D eigenvalue weighted by atomic mass is 32.1. The molecule has 1 aliphatic heterocycles. The number of hydrogen-bond acceptors (Lipinski definition) is 7. The highest BCUT2D eigenvalue weighted by Crippen LogP contribution is 2.50. The molecule has 0 fully saturated rings. The zero-order chi connectivity index (χ0) is 25.2. The van der Waals surface area contributed by atoms with Crippen LogP contribution in [-0.4, -0.2) is 16.4 Å². The summed E-state index contributed by atoms with van der Waals surface area (Å²) in [6.45, 7) is 8.70. The molecule has 1 aliphatic rings. The van der Waals surface area contributed by atoms with Gasteiger partial charge in [0.2, 0.25) is 5.43 Å². The molecule has 0 saturated heterocycles. The Morgan fingerprint density at radius 3 is 2.61 bits per heavy atom. The van der Waals surface area contributed by atoms with Gasteiger partial charge >= 0.3 is 0 Å². The smallest absolute Gasteiger partial charge is 0.263 e. The fraction of sp³-hybridized carbons (Fsp3) is 0.250. The third kappa shape index (κ3) is 3.77. The lowest BCUT2D eigenvalue weighted by Gasteiger charge is -2.42. The summed E-state index contributed by atoms with van der Waals surface area (Å²) in [7, 11) is 0. The minimum atomic E-state index is -0.486. The predicted octanol–water partition coefficient (Wildman–Crippen LogP) is 6.54. The van der Waals surface area contributed by atoms with Crippen LogP contribution in [0.15, 0.2) is 64.0 Å². The summed E-state index contributed by atoms with van der Waals surface area (Å²) < 4.78 is 6.69. The molecule has 2 N–H and O–H groups in total. The van der Waals surface area contributed by atoms with Gasteiger partial charge in [-0.25, -0.2) is 4.98 Å². The van der Waals surface area contributed by atoms with Crippen molar-refractivity contribution in [3.63, 3.8) is 0 Å². The molecule has 6 rings (SSSR count). The summed E-state index contributed by atoms with van der Waals surface area (Å²) in [6, 6.07) is 15.0. The van der Waals surface area contributed by atoms with E-state index in [0.717, 1.165) is 32.1 Å². The maximum Gasteiger partial charge on any atom is 0.263 e. The number of nitrogens with zero attached hydrogens (tertiary/aromatic N) is 1. The van der Waals surface area contributed by atoms with Crippen molar-refractivity contribution < 1.29 is 9.21 Å².